The SMILES string of the molecule is Cc1cc(Nc2nc(Nc3ccc4nccnc4c3P=O)c3cc[nH]c3n2)c2c(c1N1CCOCC1)CCO2. The first kappa shape index (κ1) is 23.8. The lowest BCUT2D eigenvalue weighted by atomic mass is 10.0. The summed E-state index contributed by atoms with van der Waals surface area (Å²) < 4.78 is 23.8. The number of rotatable bonds is 6. The minimum absolute atomic E-state index is 0.169. The predicted octanol–water partition coefficient (Wildman–Crippen LogP) is 4.39. The van der Waals surface area contributed by atoms with Gasteiger partial charge in [-0.2, -0.15) is 9.97 Å². The molecule has 196 valence electrons. The summed E-state index contributed by atoms with van der Waals surface area (Å²) >= 11 is 0. The van der Waals surface area contributed by atoms with Crippen LogP contribution in [0, 0.1) is 6.92 Å². The zero-order chi connectivity index (χ0) is 26.3. The summed E-state index contributed by atoms with van der Waals surface area (Å²) in [4.78, 5) is 23.8. The van der Waals surface area contributed by atoms with Crippen molar-refractivity contribution < 1.29 is 14.0 Å². The van der Waals surface area contributed by atoms with Gasteiger partial charge in [0.05, 0.1) is 47.4 Å². The molecule has 0 atom stereocenters. The second-order valence-electron chi connectivity index (χ2n) is 9.46. The van der Waals surface area contributed by atoms with Crippen molar-refractivity contribution >= 4 is 64.7 Å². The highest BCUT2D eigenvalue weighted by Crippen LogP contribution is 2.44. The van der Waals surface area contributed by atoms with Crippen molar-refractivity contribution in [3.8, 4) is 5.75 Å². The van der Waals surface area contributed by atoms with Crippen LogP contribution in [0.5, 0.6) is 5.75 Å². The van der Waals surface area contributed by atoms with Gasteiger partial charge in [-0.25, -0.2) is 0 Å². The first-order valence-electron chi connectivity index (χ1n) is 12.8. The molecule has 0 aliphatic carbocycles. The van der Waals surface area contributed by atoms with Crippen molar-refractivity contribution in [1.82, 2.24) is 24.9 Å². The van der Waals surface area contributed by atoms with Crippen LogP contribution in [0.15, 0.2) is 42.9 Å². The molecule has 3 N–H and O–H groups in total. The number of hydrogen-bond acceptors (Lipinski definition) is 10. The van der Waals surface area contributed by atoms with Crippen molar-refractivity contribution in [2.45, 2.75) is 13.3 Å². The average Bonchev–Trinajstić information content (AvgIpc) is 3.64. The smallest absolute Gasteiger partial charge is 0.231 e. The highest BCUT2D eigenvalue weighted by molar-refractivity contribution is 7.35. The van der Waals surface area contributed by atoms with E-state index in [0.717, 1.165) is 49.5 Å². The van der Waals surface area contributed by atoms with Crippen molar-refractivity contribution in [2.75, 3.05) is 48.4 Å². The zero-order valence-corrected chi connectivity index (χ0v) is 22.1. The van der Waals surface area contributed by atoms with Gasteiger partial charge in [0.25, 0.3) is 0 Å². The Bertz CT molecular complexity index is 1730. The molecular formula is C27H25N8O3P. The number of anilines is 5. The molecule has 3 aromatic heterocycles. The number of H-pyrrole nitrogens is 1. The molecule has 39 heavy (non-hydrogen) atoms. The topological polar surface area (TPSA) is 130 Å². The number of benzene rings is 2. The number of nitrogens with one attached hydrogen (secondary N) is 3. The molecule has 5 aromatic rings. The summed E-state index contributed by atoms with van der Waals surface area (Å²) in [5.74, 6) is 1.81. The van der Waals surface area contributed by atoms with E-state index in [0.29, 0.717) is 46.0 Å². The van der Waals surface area contributed by atoms with Crippen LogP contribution in [0.25, 0.3) is 22.1 Å². The Labute approximate surface area is 225 Å². The molecule has 0 amide bonds. The van der Waals surface area contributed by atoms with Gasteiger partial charge in [-0.1, -0.05) is 0 Å². The van der Waals surface area contributed by atoms with Crippen LogP contribution in [0.4, 0.5) is 28.8 Å². The summed E-state index contributed by atoms with van der Waals surface area (Å²) in [6.07, 6.45) is 5.87. The number of morpholine rings is 1. The van der Waals surface area contributed by atoms with Crippen LogP contribution < -0.4 is 25.6 Å². The molecule has 1 fully saturated rings. The molecule has 5 heterocycles. The predicted molar refractivity (Wildman–Crippen MR) is 151 cm³/mol. The Morgan fingerprint density at radius 2 is 1.90 bits per heavy atom. The van der Waals surface area contributed by atoms with Crippen molar-refractivity contribution in [3.05, 3.63) is 54.0 Å². The van der Waals surface area contributed by atoms with Gasteiger partial charge in [-0.15, -0.1) is 0 Å². The van der Waals surface area contributed by atoms with Gasteiger partial charge in [-0.05, 0) is 36.8 Å². The fourth-order valence-electron chi connectivity index (χ4n) is 5.39. The third-order valence-electron chi connectivity index (χ3n) is 7.09. The van der Waals surface area contributed by atoms with E-state index in [1.165, 1.54) is 16.8 Å². The number of ether oxygens (including phenoxy) is 2. The lowest BCUT2D eigenvalue weighted by Crippen LogP contribution is -2.37. The normalized spacial score (nSPS) is 15.1. The second kappa shape index (κ2) is 9.76. The van der Waals surface area contributed by atoms with Crippen LogP contribution in [0.2, 0.25) is 0 Å². The maximum absolute atomic E-state index is 12.1. The molecule has 7 rings (SSSR count). The van der Waals surface area contributed by atoms with E-state index in [9.17, 15) is 4.57 Å². The Morgan fingerprint density at radius 3 is 2.77 bits per heavy atom. The first-order valence-corrected chi connectivity index (χ1v) is 13.6. The summed E-state index contributed by atoms with van der Waals surface area (Å²) in [5.41, 5.74) is 6.97. The first-order chi connectivity index (χ1) is 19.2. The molecule has 0 bridgehead atoms. The molecule has 12 heteroatoms. The highest BCUT2D eigenvalue weighted by Gasteiger charge is 2.27. The minimum atomic E-state index is -0.169. The molecule has 2 aliphatic rings. The lowest BCUT2D eigenvalue weighted by molar-refractivity contribution is 0.122. The lowest BCUT2D eigenvalue weighted by Gasteiger charge is -2.32. The van der Waals surface area contributed by atoms with Gasteiger partial charge in [0.15, 0.2) is 8.46 Å². The van der Waals surface area contributed by atoms with Gasteiger partial charge in [0.2, 0.25) is 5.95 Å². The molecule has 0 saturated carbocycles. The summed E-state index contributed by atoms with van der Waals surface area (Å²) in [6, 6.07) is 7.67. The maximum atomic E-state index is 12.1. The van der Waals surface area contributed by atoms with E-state index in [1.807, 2.05) is 24.4 Å². The fourth-order valence-corrected chi connectivity index (χ4v) is 5.87. The number of fused-ring (bicyclic) bond motifs is 3. The van der Waals surface area contributed by atoms with Crippen LogP contribution in [0.1, 0.15) is 11.1 Å². The van der Waals surface area contributed by atoms with Gasteiger partial charge in [-0.3, -0.25) is 14.5 Å². The van der Waals surface area contributed by atoms with Crippen molar-refractivity contribution in [1.29, 1.82) is 0 Å². The van der Waals surface area contributed by atoms with E-state index >= 15 is 0 Å². The van der Waals surface area contributed by atoms with Crippen LogP contribution in [-0.2, 0) is 15.7 Å². The summed E-state index contributed by atoms with van der Waals surface area (Å²) in [7, 11) is -0.169. The standard InChI is InChI=1S/C27H25N8O3P/c1-15-14-20(23-16(5-11-38-23)22(15)35-9-12-37-13-10-35)32-27-33-25-17(4-6-30-25)26(34-27)31-19-3-2-18-21(24(19)39-36)29-8-7-28-18/h2-4,6-8,14H,5,9-13H2,1H3,(H3,30,31,32,33,34). The monoisotopic (exact) mass is 540 g/mol. The summed E-state index contributed by atoms with van der Waals surface area (Å²) in [5, 5.41) is 8.07. The molecule has 0 radical (unpaired) electrons. The maximum Gasteiger partial charge on any atom is 0.231 e. The quantitative estimate of drug-likeness (QED) is 0.267. The molecular weight excluding hydrogens is 515 g/mol. The third-order valence-corrected chi connectivity index (χ3v) is 7.72. The second-order valence-corrected chi connectivity index (χ2v) is 10.1. The zero-order valence-electron chi connectivity index (χ0n) is 21.2. The number of hydrogen-bond donors (Lipinski definition) is 3. The molecule has 2 aromatic carbocycles. The molecule has 2 aliphatic heterocycles. The van der Waals surface area contributed by atoms with Gasteiger partial charge >= 0.3 is 0 Å². The van der Waals surface area contributed by atoms with E-state index < -0.39 is 0 Å². The van der Waals surface area contributed by atoms with Gasteiger partial charge < -0.3 is 30.0 Å². The van der Waals surface area contributed by atoms with Crippen LogP contribution >= 0.6 is 8.46 Å². The Kier molecular flexibility index (Phi) is 5.94. The van der Waals surface area contributed by atoms with Gasteiger partial charge in [0.1, 0.15) is 22.7 Å². The summed E-state index contributed by atoms with van der Waals surface area (Å²) in [6.45, 7) is 5.96. The van der Waals surface area contributed by atoms with E-state index in [1.54, 1.807) is 12.4 Å². The number of nitrogens with zero attached hydrogens (tertiary/aromatic N) is 5. The van der Waals surface area contributed by atoms with Crippen LogP contribution in [0.3, 0.4) is 0 Å². The Balaban J connectivity index is 1.27. The number of aromatic nitrogens is 5. The highest BCUT2D eigenvalue weighted by atomic mass is 31.1. The molecule has 0 unspecified atom stereocenters. The minimum Gasteiger partial charge on any atom is -0.491 e. The number of aromatic amines is 1. The molecule has 1 saturated heterocycles. The van der Waals surface area contributed by atoms with Crippen LogP contribution in [-0.4, -0.2) is 57.8 Å². The Morgan fingerprint density at radius 1 is 1.03 bits per heavy atom. The third kappa shape index (κ3) is 4.20. The van der Waals surface area contributed by atoms with Gasteiger partial charge in [0, 0.05) is 49.4 Å². The van der Waals surface area contributed by atoms with E-state index in [2.05, 4.69) is 43.5 Å². The average molecular weight is 541 g/mol. The molecule has 11 nitrogen and oxygen atoms in total. The number of aryl methyl sites for hydroxylation is 1. The van der Waals surface area contributed by atoms with E-state index in [4.69, 9.17) is 19.4 Å². The largest absolute Gasteiger partial charge is 0.491 e. The fraction of sp³-hybridized carbons (Fsp3) is 0.259. The Hall–Kier alpha value is -4.34. The van der Waals surface area contributed by atoms with E-state index in [-0.39, 0.29) is 8.46 Å². The van der Waals surface area contributed by atoms with Crippen molar-refractivity contribution in [2.24, 2.45) is 0 Å². The molecule has 0 spiro atoms. The van der Waals surface area contributed by atoms with Crippen molar-refractivity contribution in [3.63, 3.8) is 0 Å².